The molecular weight excluding hydrogens is 412 g/mol. The minimum absolute atomic E-state index is 0.138. The predicted molar refractivity (Wildman–Crippen MR) is 134 cm³/mol. The third-order valence-corrected chi connectivity index (χ3v) is 13.2. The Balaban J connectivity index is 1.85. The number of fused-ring (bicyclic) bond motifs is 5. The Bertz CT molecular complexity index is 952. The van der Waals surface area contributed by atoms with Gasteiger partial charge in [-0.15, -0.1) is 0 Å². The van der Waals surface area contributed by atoms with Crippen LogP contribution in [0.15, 0.2) is 36.6 Å². The summed E-state index contributed by atoms with van der Waals surface area (Å²) in [5.74, 6) is 3.19. The lowest BCUT2D eigenvalue weighted by molar-refractivity contribution is -0.137. The summed E-state index contributed by atoms with van der Waals surface area (Å²) in [4.78, 5) is 13.4. The van der Waals surface area contributed by atoms with Gasteiger partial charge in [0, 0.05) is 24.2 Å². The van der Waals surface area contributed by atoms with Gasteiger partial charge in [0.15, 0.2) is 0 Å². The van der Waals surface area contributed by atoms with Crippen molar-refractivity contribution in [2.75, 3.05) is 6.61 Å². The lowest BCUT2D eigenvalue weighted by Crippen LogP contribution is -2.50. The maximum atomic E-state index is 13.4. The molecule has 0 aliphatic heterocycles. The van der Waals surface area contributed by atoms with Crippen molar-refractivity contribution in [1.82, 2.24) is 0 Å². The molecule has 32 heavy (non-hydrogen) atoms. The summed E-state index contributed by atoms with van der Waals surface area (Å²) in [5.41, 5.74) is 3.66. The molecule has 0 aromatic heterocycles. The van der Waals surface area contributed by atoms with E-state index >= 15 is 0 Å². The van der Waals surface area contributed by atoms with E-state index in [1.54, 1.807) is 6.08 Å². The standard InChI is InChI=1S/C28H40O3Si/c1-8-16-30-21-13-14-22-19(17-21)12-15-23-26(22)24(31-32(6,7)27(2,3)4)18-20-10-9-11-25(29)28(20,23)5/h8,13-14,17,20,23H,1,9-12,15-16,18H2,2-7H3/t20-,23-,28-/m0/s1. The molecule has 0 bridgehead atoms. The average molecular weight is 453 g/mol. The van der Waals surface area contributed by atoms with Crippen LogP contribution in [-0.2, 0) is 15.6 Å². The van der Waals surface area contributed by atoms with Gasteiger partial charge in [-0.1, -0.05) is 46.4 Å². The van der Waals surface area contributed by atoms with Gasteiger partial charge in [-0.25, -0.2) is 0 Å². The molecule has 0 saturated heterocycles. The van der Waals surface area contributed by atoms with Crippen LogP contribution >= 0.6 is 0 Å². The highest BCUT2D eigenvalue weighted by atomic mass is 28.4. The molecule has 3 nitrogen and oxygen atoms in total. The number of carbonyl (C=O) groups is 1. The second kappa shape index (κ2) is 8.20. The fourth-order valence-corrected chi connectivity index (χ4v) is 6.97. The summed E-state index contributed by atoms with van der Waals surface area (Å²) in [6.45, 7) is 18.1. The summed E-state index contributed by atoms with van der Waals surface area (Å²) >= 11 is 0. The van der Waals surface area contributed by atoms with Crippen LogP contribution in [0.3, 0.4) is 0 Å². The van der Waals surface area contributed by atoms with Gasteiger partial charge >= 0.3 is 0 Å². The van der Waals surface area contributed by atoms with Gasteiger partial charge in [0.1, 0.15) is 18.1 Å². The third kappa shape index (κ3) is 3.79. The first-order valence-electron chi connectivity index (χ1n) is 12.3. The Kier molecular flexibility index (Phi) is 5.98. The van der Waals surface area contributed by atoms with E-state index in [4.69, 9.17) is 9.16 Å². The normalized spacial score (nSPS) is 27.9. The molecule has 0 heterocycles. The first-order valence-corrected chi connectivity index (χ1v) is 15.2. The zero-order valence-electron chi connectivity index (χ0n) is 20.8. The van der Waals surface area contributed by atoms with Crippen LogP contribution in [-0.4, -0.2) is 20.7 Å². The first-order chi connectivity index (χ1) is 15.0. The van der Waals surface area contributed by atoms with Crippen molar-refractivity contribution in [3.8, 4) is 5.75 Å². The molecule has 3 atom stereocenters. The number of ketones is 1. The maximum Gasteiger partial charge on any atom is 0.250 e. The number of allylic oxidation sites excluding steroid dienone is 2. The van der Waals surface area contributed by atoms with Crippen molar-refractivity contribution < 1.29 is 14.0 Å². The summed E-state index contributed by atoms with van der Waals surface area (Å²) < 4.78 is 12.9. The fourth-order valence-electron chi connectivity index (χ4n) is 5.85. The highest BCUT2D eigenvalue weighted by Crippen LogP contribution is 2.60. The molecule has 3 aliphatic rings. The zero-order chi connectivity index (χ0) is 23.3. The van der Waals surface area contributed by atoms with Crippen LogP contribution in [0.4, 0.5) is 0 Å². The summed E-state index contributed by atoms with van der Waals surface area (Å²) in [5, 5.41) is 0.138. The quantitative estimate of drug-likeness (QED) is 0.347. The molecule has 0 N–H and O–H groups in total. The molecule has 3 aliphatic carbocycles. The van der Waals surface area contributed by atoms with Crippen molar-refractivity contribution in [2.24, 2.45) is 17.3 Å². The van der Waals surface area contributed by atoms with Gasteiger partial charge in [-0.3, -0.25) is 4.79 Å². The fraction of sp³-hybridized carbons (Fsp3) is 0.607. The van der Waals surface area contributed by atoms with Gasteiger partial charge in [-0.05, 0) is 78.6 Å². The summed E-state index contributed by atoms with van der Waals surface area (Å²) in [6.07, 6.45) is 7.56. The lowest BCUT2D eigenvalue weighted by atomic mass is 9.51. The van der Waals surface area contributed by atoms with E-state index in [1.807, 2.05) is 0 Å². The molecule has 0 radical (unpaired) electrons. The molecule has 0 unspecified atom stereocenters. The molecule has 1 aromatic rings. The van der Waals surface area contributed by atoms with Gasteiger partial charge in [0.2, 0.25) is 8.32 Å². The highest BCUT2D eigenvalue weighted by molar-refractivity contribution is 6.74. The van der Waals surface area contributed by atoms with E-state index in [0.717, 1.165) is 44.3 Å². The van der Waals surface area contributed by atoms with E-state index < -0.39 is 8.32 Å². The Hall–Kier alpha value is -1.81. The minimum Gasteiger partial charge on any atom is -0.546 e. The highest BCUT2D eigenvalue weighted by Gasteiger charge is 2.55. The molecule has 4 rings (SSSR count). The maximum absolute atomic E-state index is 13.4. The number of hydrogen-bond acceptors (Lipinski definition) is 3. The van der Waals surface area contributed by atoms with Crippen molar-refractivity contribution in [3.05, 3.63) is 47.7 Å². The number of Topliss-reactive ketones (excluding diaryl/α,β-unsaturated/α-hetero) is 1. The molecule has 1 fully saturated rings. The molecule has 1 aromatic carbocycles. The van der Waals surface area contributed by atoms with E-state index in [-0.39, 0.29) is 16.4 Å². The van der Waals surface area contributed by atoms with Crippen LogP contribution in [0.2, 0.25) is 18.1 Å². The van der Waals surface area contributed by atoms with E-state index in [2.05, 4.69) is 65.6 Å². The zero-order valence-corrected chi connectivity index (χ0v) is 21.8. The van der Waals surface area contributed by atoms with E-state index in [9.17, 15) is 4.79 Å². The molecule has 0 spiro atoms. The second-order valence-electron chi connectivity index (χ2n) is 11.7. The smallest absolute Gasteiger partial charge is 0.250 e. The molecule has 174 valence electrons. The topological polar surface area (TPSA) is 35.5 Å². The van der Waals surface area contributed by atoms with Gasteiger partial charge < -0.3 is 9.16 Å². The molecule has 4 heteroatoms. The Morgan fingerprint density at radius 1 is 1.22 bits per heavy atom. The van der Waals surface area contributed by atoms with Gasteiger partial charge in [-0.2, -0.15) is 0 Å². The number of benzene rings is 1. The van der Waals surface area contributed by atoms with Crippen LogP contribution in [0.25, 0.3) is 5.57 Å². The summed E-state index contributed by atoms with van der Waals surface area (Å²) in [6, 6.07) is 6.46. The summed E-state index contributed by atoms with van der Waals surface area (Å²) in [7, 11) is -1.99. The number of ether oxygens (including phenoxy) is 1. The lowest BCUT2D eigenvalue weighted by Gasteiger charge is -2.53. The van der Waals surface area contributed by atoms with Gasteiger partial charge in [0.05, 0.1) is 5.76 Å². The van der Waals surface area contributed by atoms with Crippen molar-refractivity contribution in [2.45, 2.75) is 84.4 Å². The Morgan fingerprint density at radius 2 is 1.97 bits per heavy atom. The van der Waals surface area contributed by atoms with Crippen LogP contribution in [0.1, 0.15) is 70.9 Å². The van der Waals surface area contributed by atoms with Crippen molar-refractivity contribution in [3.63, 3.8) is 0 Å². The Morgan fingerprint density at radius 3 is 2.66 bits per heavy atom. The number of hydrogen-bond donors (Lipinski definition) is 0. The monoisotopic (exact) mass is 452 g/mol. The molecule has 1 saturated carbocycles. The SMILES string of the molecule is C=CCOc1ccc2c(c1)CC[C@H]1C2=C(O[Si](C)(C)C(C)(C)C)C[C@@H]2CCCC(=O)[C@@]21C. The third-order valence-electron chi connectivity index (χ3n) is 8.83. The largest absolute Gasteiger partial charge is 0.546 e. The molecular formula is C28H40O3Si. The molecule has 0 amide bonds. The van der Waals surface area contributed by atoms with Crippen molar-refractivity contribution >= 4 is 19.7 Å². The Labute approximate surface area is 195 Å². The van der Waals surface area contributed by atoms with E-state index in [0.29, 0.717) is 18.3 Å². The van der Waals surface area contributed by atoms with Crippen molar-refractivity contribution in [1.29, 1.82) is 0 Å². The van der Waals surface area contributed by atoms with E-state index in [1.165, 1.54) is 22.5 Å². The average Bonchev–Trinajstić information content (AvgIpc) is 2.72. The van der Waals surface area contributed by atoms with Crippen LogP contribution < -0.4 is 4.74 Å². The number of aryl methyl sites for hydroxylation is 1. The minimum atomic E-state index is -1.99. The predicted octanol–water partition coefficient (Wildman–Crippen LogP) is 7.33. The first kappa shape index (κ1) is 23.3. The number of rotatable bonds is 5. The van der Waals surface area contributed by atoms with Crippen LogP contribution in [0.5, 0.6) is 5.75 Å². The van der Waals surface area contributed by atoms with Gasteiger partial charge in [0.25, 0.3) is 0 Å². The second-order valence-corrected chi connectivity index (χ2v) is 16.4. The number of carbonyl (C=O) groups excluding carboxylic acids is 1. The van der Waals surface area contributed by atoms with Crippen LogP contribution in [0, 0.1) is 17.3 Å².